The standard InChI is InChI=1S/C13H12N8O3/c1-7-10(16-20-21(7)12-11(14)18-24-19-12)13(23)17-15-6-8-2-4-9(22)5-3-8/h2-6,22H,1H3,(H2,14,18)(H,17,23). The van der Waals surface area contributed by atoms with Gasteiger partial charge in [0, 0.05) is 0 Å². The molecule has 0 bridgehead atoms. The number of nitrogens with two attached hydrogens (primary N) is 1. The van der Waals surface area contributed by atoms with E-state index in [4.69, 9.17) is 5.73 Å². The number of benzene rings is 1. The van der Waals surface area contributed by atoms with Gasteiger partial charge in [-0.2, -0.15) is 9.78 Å². The lowest BCUT2D eigenvalue weighted by Crippen LogP contribution is -2.19. The number of carbonyl (C=O) groups is 1. The number of hydrogen-bond acceptors (Lipinski definition) is 9. The summed E-state index contributed by atoms with van der Waals surface area (Å²) in [7, 11) is 0. The molecular formula is C13H12N8O3. The van der Waals surface area contributed by atoms with Gasteiger partial charge in [-0.25, -0.2) is 10.1 Å². The Morgan fingerprint density at radius 1 is 1.38 bits per heavy atom. The summed E-state index contributed by atoms with van der Waals surface area (Å²) in [5.74, 6) is -0.235. The molecule has 11 heteroatoms. The Balaban J connectivity index is 1.73. The number of carbonyl (C=O) groups excluding carboxylic acids is 1. The van der Waals surface area contributed by atoms with Crippen LogP contribution in [0.5, 0.6) is 5.75 Å². The van der Waals surface area contributed by atoms with Crippen molar-refractivity contribution in [3.05, 3.63) is 41.2 Å². The lowest BCUT2D eigenvalue weighted by molar-refractivity contribution is 0.0949. The smallest absolute Gasteiger partial charge is 0.293 e. The summed E-state index contributed by atoms with van der Waals surface area (Å²) in [5.41, 5.74) is 9.08. The molecule has 11 nitrogen and oxygen atoms in total. The highest BCUT2D eigenvalue weighted by Crippen LogP contribution is 2.14. The van der Waals surface area contributed by atoms with Crippen molar-refractivity contribution in [3.63, 3.8) is 0 Å². The van der Waals surface area contributed by atoms with Crippen LogP contribution < -0.4 is 11.2 Å². The number of aromatic nitrogens is 5. The molecule has 0 fully saturated rings. The first-order valence-electron chi connectivity index (χ1n) is 6.69. The fraction of sp³-hybridized carbons (Fsp3) is 0.0769. The molecule has 0 radical (unpaired) electrons. The molecule has 0 aliphatic heterocycles. The maximum atomic E-state index is 12.1. The number of anilines is 1. The minimum absolute atomic E-state index is 0.0281. The molecule has 1 amide bonds. The van der Waals surface area contributed by atoms with Crippen molar-refractivity contribution in [2.75, 3.05) is 5.73 Å². The van der Waals surface area contributed by atoms with E-state index < -0.39 is 5.91 Å². The topological polar surface area (TPSA) is 157 Å². The highest BCUT2D eigenvalue weighted by atomic mass is 16.6. The van der Waals surface area contributed by atoms with Crippen LogP contribution in [0.4, 0.5) is 5.82 Å². The van der Waals surface area contributed by atoms with Gasteiger partial charge in [-0.05, 0) is 47.1 Å². The molecule has 4 N–H and O–H groups in total. The second kappa shape index (κ2) is 6.16. The van der Waals surface area contributed by atoms with Crippen molar-refractivity contribution in [1.82, 2.24) is 30.7 Å². The van der Waals surface area contributed by atoms with Crippen LogP contribution in [0.15, 0.2) is 34.0 Å². The van der Waals surface area contributed by atoms with Crippen LogP contribution in [0.2, 0.25) is 0 Å². The van der Waals surface area contributed by atoms with Crippen molar-refractivity contribution in [2.24, 2.45) is 5.10 Å². The van der Waals surface area contributed by atoms with Crippen LogP contribution in [0.25, 0.3) is 5.82 Å². The third-order valence-electron chi connectivity index (χ3n) is 3.08. The van der Waals surface area contributed by atoms with Gasteiger partial charge in [0.2, 0.25) is 11.6 Å². The van der Waals surface area contributed by atoms with Crippen molar-refractivity contribution >= 4 is 17.9 Å². The molecule has 2 heterocycles. The zero-order chi connectivity index (χ0) is 17.1. The van der Waals surface area contributed by atoms with Gasteiger partial charge in [0.25, 0.3) is 5.91 Å². The number of amides is 1. The number of nitrogen functional groups attached to an aromatic ring is 1. The normalized spacial score (nSPS) is 11.0. The zero-order valence-corrected chi connectivity index (χ0v) is 12.4. The summed E-state index contributed by atoms with van der Waals surface area (Å²) in [6.07, 6.45) is 1.43. The predicted octanol–water partition coefficient (Wildman–Crippen LogP) is 0.0104. The second-order valence-corrected chi connectivity index (χ2v) is 4.70. The highest BCUT2D eigenvalue weighted by molar-refractivity contribution is 5.94. The Morgan fingerprint density at radius 3 is 2.79 bits per heavy atom. The van der Waals surface area contributed by atoms with Gasteiger partial charge in [-0.15, -0.1) is 5.10 Å². The summed E-state index contributed by atoms with van der Waals surface area (Å²) in [6.45, 7) is 1.62. The fourth-order valence-electron chi connectivity index (χ4n) is 1.86. The predicted molar refractivity (Wildman–Crippen MR) is 81.5 cm³/mol. The van der Waals surface area contributed by atoms with E-state index >= 15 is 0 Å². The number of phenols is 1. The minimum Gasteiger partial charge on any atom is -0.508 e. The van der Waals surface area contributed by atoms with E-state index in [1.807, 2.05) is 0 Å². The van der Waals surface area contributed by atoms with E-state index in [1.165, 1.54) is 23.0 Å². The van der Waals surface area contributed by atoms with E-state index in [-0.39, 0.29) is 23.1 Å². The number of phenolic OH excluding ortho intramolecular Hbond substituents is 1. The van der Waals surface area contributed by atoms with Crippen LogP contribution in [-0.4, -0.2) is 42.5 Å². The second-order valence-electron chi connectivity index (χ2n) is 4.70. The maximum absolute atomic E-state index is 12.1. The van der Waals surface area contributed by atoms with Gasteiger partial charge >= 0.3 is 0 Å². The van der Waals surface area contributed by atoms with Crippen LogP contribution in [0, 0.1) is 6.92 Å². The van der Waals surface area contributed by atoms with E-state index in [1.54, 1.807) is 19.1 Å². The van der Waals surface area contributed by atoms with Gasteiger partial charge in [-0.1, -0.05) is 5.21 Å². The quantitative estimate of drug-likeness (QED) is 0.446. The fourth-order valence-corrected chi connectivity index (χ4v) is 1.86. The van der Waals surface area contributed by atoms with E-state index in [0.717, 1.165) is 0 Å². The molecule has 0 aliphatic rings. The average Bonchev–Trinajstić information content (AvgIpc) is 3.14. The molecule has 0 aliphatic carbocycles. The molecule has 1 aromatic carbocycles. The van der Waals surface area contributed by atoms with Gasteiger partial charge in [0.1, 0.15) is 5.75 Å². The molecule has 2 aromatic heterocycles. The van der Waals surface area contributed by atoms with Crippen LogP contribution in [0.3, 0.4) is 0 Å². The molecule has 0 spiro atoms. The zero-order valence-electron chi connectivity index (χ0n) is 12.4. The summed E-state index contributed by atoms with van der Waals surface area (Å²) in [4.78, 5) is 12.1. The monoisotopic (exact) mass is 328 g/mol. The Kier molecular flexibility index (Phi) is 3.89. The molecule has 3 aromatic rings. The number of aromatic hydroxyl groups is 1. The summed E-state index contributed by atoms with van der Waals surface area (Å²) < 4.78 is 5.73. The van der Waals surface area contributed by atoms with Gasteiger partial charge < -0.3 is 10.8 Å². The molecule has 0 unspecified atom stereocenters. The van der Waals surface area contributed by atoms with Crippen molar-refractivity contribution in [2.45, 2.75) is 6.92 Å². The third kappa shape index (κ3) is 2.90. The van der Waals surface area contributed by atoms with E-state index in [0.29, 0.717) is 11.3 Å². The van der Waals surface area contributed by atoms with E-state index in [9.17, 15) is 9.90 Å². The molecule has 24 heavy (non-hydrogen) atoms. The first kappa shape index (κ1) is 15.1. The first-order valence-corrected chi connectivity index (χ1v) is 6.69. The molecule has 122 valence electrons. The van der Waals surface area contributed by atoms with Gasteiger partial charge in [-0.3, -0.25) is 4.79 Å². The number of hydrogen-bond donors (Lipinski definition) is 3. The Morgan fingerprint density at radius 2 is 2.12 bits per heavy atom. The maximum Gasteiger partial charge on any atom is 0.293 e. The average molecular weight is 328 g/mol. The number of nitrogens with one attached hydrogen (secondary N) is 1. The molecule has 0 saturated carbocycles. The SMILES string of the molecule is Cc1c(C(=O)NN=Cc2ccc(O)cc2)nnn1-c1nonc1N. The molecular weight excluding hydrogens is 316 g/mol. The lowest BCUT2D eigenvalue weighted by Gasteiger charge is -1.99. The van der Waals surface area contributed by atoms with Crippen molar-refractivity contribution < 1.29 is 14.5 Å². The molecule has 0 atom stereocenters. The Bertz CT molecular complexity index is 896. The Hall–Kier alpha value is -3.76. The Labute approximate surface area is 134 Å². The van der Waals surface area contributed by atoms with Crippen molar-refractivity contribution in [3.8, 4) is 11.6 Å². The van der Waals surface area contributed by atoms with Crippen LogP contribution in [0.1, 0.15) is 21.7 Å². The molecule has 0 saturated heterocycles. The summed E-state index contributed by atoms with van der Waals surface area (Å²) in [5, 5.41) is 27.6. The lowest BCUT2D eigenvalue weighted by atomic mass is 10.2. The largest absolute Gasteiger partial charge is 0.508 e. The number of rotatable bonds is 4. The number of nitrogens with zero attached hydrogens (tertiary/aromatic N) is 6. The molecule has 3 rings (SSSR count). The van der Waals surface area contributed by atoms with Crippen LogP contribution in [-0.2, 0) is 0 Å². The third-order valence-corrected chi connectivity index (χ3v) is 3.08. The van der Waals surface area contributed by atoms with Gasteiger partial charge in [0.05, 0.1) is 11.9 Å². The summed E-state index contributed by atoms with van der Waals surface area (Å²) >= 11 is 0. The van der Waals surface area contributed by atoms with Gasteiger partial charge in [0.15, 0.2) is 5.69 Å². The number of hydrazone groups is 1. The minimum atomic E-state index is -0.552. The van der Waals surface area contributed by atoms with Crippen LogP contribution >= 0.6 is 0 Å². The van der Waals surface area contributed by atoms with Crippen molar-refractivity contribution in [1.29, 1.82) is 0 Å². The first-order chi connectivity index (χ1) is 11.6. The van der Waals surface area contributed by atoms with E-state index in [2.05, 4.69) is 35.8 Å². The summed E-state index contributed by atoms with van der Waals surface area (Å²) in [6, 6.07) is 6.31. The highest BCUT2D eigenvalue weighted by Gasteiger charge is 2.20.